The van der Waals surface area contributed by atoms with Crippen molar-refractivity contribution in [3.63, 3.8) is 0 Å². The minimum atomic E-state index is -1.51. The van der Waals surface area contributed by atoms with Crippen molar-refractivity contribution in [2.45, 2.75) is 62.8 Å². The summed E-state index contributed by atoms with van der Waals surface area (Å²) in [7, 11) is 0. The molecule has 1 fully saturated rings. The van der Waals surface area contributed by atoms with Gasteiger partial charge in [0, 0.05) is 29.3 Å². The predicted octanol–water partition coefficient (Wildman–Crippen LogP) is 1.91. The van der Waals surface area contributed by atoms with E-state index in [-0.39, 0.29) is 11.7 Å². The maximum Gasteiger partial charge on any atom is 0.229 e. The number of allylic oxidation sites excluding steroid dienone is 3. The third kappa shape index (κ3) is 4.70. The smallest absolute Gasteiger partial charge is 0.229 e. The fourth-order valence-corrected chi connectivity index (χ4v) is 5.03. The number of benzene rings is 2. The molecule has 0 spiro atoms. The number of hydrogen-bond donors (Lipinski definition) is 5. The standard InChI is InChI=1S/C28H31NO7/c1-15-5-7-17(8-6-15)21-13-19(24-20(29-21)3-2-4-22(24)31)16-9-11-18(12-10-16)35-28-27(34)26(33)25(32)23(14-30)36-28/h5-13,19,23,25-30,32-34H,2-4,14H2,1H3/t19?,23-,25-,26-,27-,28-/m1/s1. The van der Waals surface area contributed by atoms with E-state index in [9.17, 15) is 25.2 Å². The zero-order chi connectivity index (χ0) is 25.4. The van der Waals surface area contributed by atoms with Gasteiger partial charge in [0.1, 0.15) is 30.2 Å². The van der Waals surface area contributed by atoms with Crippen molar-refractivity contribution in [2.24, 2.45) is 0 Å². The Morgan fingerprint density at radius 1 is 0.972 bits per heavy atom. The van der Waals surface area contributed by atoms with Crippen LogP contribution < -0.4 is 10.1 Å². The van der Waals surface area contributed by atoms with Gasteiger partial charge in [-0.05, 0) is 49.1 Å². The molecule has 8 nitrogen and oxygen atoms in total. The lowest BCUT2D eigenvalue weighted by Crippen LogP contribution is -2.60. The molecule has 1 aliphatic carbocycles. The number of rotatable bonds is 5. The van der Waals surface area contributed by atoms with Crippen molar-refractivity contribution >= 4 is 11.5 Å². The number of carbonyl (C=O) groups is 1. The Bertz CT molecular complexity index is 1170. The van der Waals surface area contributed by atoms with Gasteiger partial charge in [-0.1, -0.05) is 42.0 Å². The van der Waals surface area contributed by atoms with Gasteiger partial charge in [-0.2, -0.15) is 0 Å². The number of nitrogens with one attached hydrogen (secondary N) is 1. The van der Waals surface area contributed by atoms with Crippen molar-refractivity contribution in [1.82, 2.24) is 5.32 Å². The minimum Gasteiger partial charge on any atom is -0.462 e. The molecule has 3 aliphatic rings. The summed E-state index contributed by atoms with van der Waals surface area (Å²) in [6.07, 6.45) is -2.49. The zero-order valence-electron chi connectivity index (χ0n) is 20.0. The number of hydrogen-bond acceptors (Lipinski definition) is 8. The average Bonchev–Trinajstić information content (AvgIpc) is 2.89. The lowest BCUT2D eigenvalue weighted by Gasteiger charge is -2.39. The molecule has 1 saturated heterocycles. The molecule has 2 aromatic carbocycles. The molecule has 0 bridgehead atoms. The number of ether oxygens (including phenoxy) is 2. The first-order valence-electron chi connectivity index (χ1n) is 12.2. The molecule has 5 rings (SSSR count). The highest BCUT2D eigenvalue weighted by molar-refractivity contribution is 6.00. The van der Waals surface area contributed by atoms with Crippen molar-refractivity contribution in [3.8, 4) is 5.75 Å². The van der Waals surface area contributed by atoms with Gasteiger partial charge >= 0.3 is 0 Å². The van der Waals surface area contributed by atoms with Crippen molar-refractivity contribution in [2.75, 3.05) is 6.61 Å². The number of ketones is 1. The summed E-state index contributed by atoms with van der Waals surface area (Å²) in [4.78, 5) is 12.9. The summed E-state index contributed by atoms with van der Waals surface area (Å²) in [6.45, 7) is 1.52. The average molecular weight is 494 g/mol. The van der Waals surface area contributed by atoms with Crippen molar-refractivity contribution in [1.29, 1.82) is 0 Å². The second kappa shape index (κ2) is 10.2. The molecule has 8 heteroatoms. The molecule has 6 atom stereocenters. The second-order valence-electron chi connectivity index (χ2n) is 9.60. The SMILES string of the molecule is Cc1ccc(C2=CC(c3ccc(O[C@@H]4O[C@H](CO)[C@@H](O)[C@@H](O)[C@H]4O)cc3)C3=C(CCCC3=O)N2)cc1. The highest BCUT2D eigenvalue weighted by Crippen LogP contribution is 2.40. The topological polar surface area (TPSA) is 128 Å². The summed E-state index contributed by atoms with van der Waals surface area (Å²) in [6, 6.07) is 15.4. The molecule has 0 saturated carbocycles. The molecule has 0 aromatic heterocycles. The highest BCUT2D eigenvalue weighted by Gasteiger charge is 2.44. The summed E-state index contributed by atoms with van der Waals surface area (Å²) in [5.41, 5.74) is 5.88. The predicted molar refractivity (Wildman–Crippen MR) is 132 cm³/mol. The van der Waals surface area contributed by atoms with Gasteiger partial charge in [0.2, 0.25) is 6.29 Å². The Labute approximate surface area is 209 Å². The van der Waals surface area contributed by atoms with Gasteiger partial charge in [0.05, 0.1) is 6.61 Å². The Morgan fingerprint density at radius 2 is 1.69 bits per heavy atom. The first-order valence-corrected chi connectivity index (χ1v) is 12.2. The molecule has 190 valence electrons. The van der Waals surface area contributed by atoms with Crippen LogP contribution in [0.15, 0.2) is 65.9 Å². The van der Waals surface area contributed by atoms with Crippen LogP contribution in [0.2, 0.25) is 0 Å². The van der Waals surface area contributed by atoms with E-state index in [0.29, 0.717) is 12.2 Å². The quantitative estimate of drug-likeness (QED) is 0.427. The number of Topliss-reactive ketones (excluding diaryl/α,β-unsaturated/α-hetero) is 1. The van der Waals surface area contributed by atoms with Crippen LogP contribution in [0.3, 0.4) is 0 Å². The van der Waals surface area contributed by atoms with E-state index >= 15 is 0 Å². The Kier molecular flexibility index (Phi) is 6.96. The van der Waals surface area contributed by atoms with Crippen LogP contribution in [0.4, 0.5) is 0 Å². The number of aliphatic hydroxyl groups excluding tert-OH is 4. The molecule has 36 heavy (non-hydrogen) atoms. The number of carbonyl (C=O) groups excluding carboxylic acids is 1. The zero-order valence-corrected chi connectivity index (χ0v) is 20.0. The third-order valence-electron chi connectivity index (χ3n) is 7.09. The van der Waals surface area contributed by atoms with Gasteiger partial charge in [-0.3, -0.25) is 4.79 Å². The second-order valence-corrected chi connectivity index (χ2v) is 9.60. The molecular formula is C28H31NO7. The third-order valence-corrected chi connectivity index (χ3v) is 7.09. The number of aliphatic hydroxyl groups is 4. The number of aryl methyl sites for hydroxylation is 1. The summed E-state index contributed by atoms with van der Waals surface area (Å²) >= 11 is 0. The lowest BCUT2D eigenvalue weighted by atomic mass is 9.79. The first-order chi connectivity index (χ1) is 17.4. The van der Waals surface area contributed by atoms with Crippen molar-refractivity contribution in [3.05, 3.63) is 82.6 Å². The van der Waals surface area contributed by atoms with Crippen LogP contribution in [0, 0.1) is 6.92 Å². The van der Waals surface area contributed by atoms with Gasteiger partial charge in [-0.25, -0.2) is 0 Å². The Balaban J connectivity index is 1.41. The maximum atomic E-state index is 12.9. The van der Waals surface area contributed by atoms with E-state index in [2.05, 4.69) is 35.7 Å². The molecular weight excluding hydrogens is 462 g/mol. The molecule has 2 aliphatic heterocycles. The van der Waals surface area contributed by atoms with Crippen LogP contribution in [0.1, 0.15) is 41.9 Å². The fourth-order valence-electron chi connectivity index (χ4n) is 5.03. The van der Waals surface area contributed by atoms with E-state index in [1.54, 1.807) is 12.1 Å². The normalized spacial score (nSPS) is 30.4. The van der Waals surface area contributed by atoms with Crippen LogP contribution in [0.5, 0.6) is 5.75 Å². The Hall–Kier alpha value is -3.01. The van der Waals surface area contributed by atoms with Crippen LogP contribution >= 0.6 is 0 Å². The van der Waals surface area contributed by atoms with E-state index in [1.807, 2.05) is 19.1 Å². The van der Waals surface area contributed by atoms with Crippen LogP contribution in [-0.2, 0) is 9.53 Å². The first kappa shape index (κ1) is 24.7. The molecule has 2 aromatic rings. The van der Waals surface area contributed by atoms with Gasteiger partial charge in [-0.15, -0.1) is 0 Å². The van der Waals surface area contributed by atoms with E-state index in [4.69, 9.17) is 9.47 Å². The lowest BCUT2D eigenvalue weighted by molar-refractivity contribution is -0.277. The fraction of sp³-hybridized carbons (Fsp3) is 0.393. The van der Waals surface area contributed by atoms with E-state index < -0.39 is 37.3 Å². The summed E-state index contributed by atoms with van der Waals surface area (Å²) in [5, 5.41) is 43.1. The van der Waals surface area contributed by atoms with Gasteiger partial charge in [0.15, 0.2) is 5.78 Å². The number of dihydropyridines is 1. The summed E-state index contributed by atoms with van der Waals surface area (Å²) < 4.78 is 11.2. The molecule has 5 N–H and O–H groups in total. The molecule has 2 heterocycles. The Morgan fingerprint density at radius 3 is 2.39 bits per heavy atom. The van der Waals surface area contributed by atoms with Gasteiger partial charge < -0.3 is 35.2 Å². The van der Waals surface area contributed by atoms with Crippen molar-refractivity contribution < 1.29 is 34.7 Å². The largest absolute Gasteiger partial charge is 0.462 e. The van der Waals surface area contributed by atoms with E-state index in [0.717, 1.165) is 40.9 Å². The highest BCUT2D eigenvalue weighted by atomic mass is 16.7. The van der Waals surface area contributed by atoms with Crippen LogP contribution in [0.25, 0.3) is 5.70 Å². The van der Waals surface area contributed by atoms with E-state index in [1.165, 1.54) is 5.56 Å². The molecule has 1 unspecified atom stereocenters. The maximum absolute atomic E-state index is 12.9. The molecule has 0 radical (unpaired) electrons. The van der Waals surface area contributed by atoms with Gasteiger partial charge in [0.25, 0.3) is 0 Å². The monoisotopic (exact) mass is 493 g/mol. The summed E-state index contributed by atoms with van der Waals surface area (Å²) in [5.74, 6) is 0.310. The minimum absolute atomic E-state index is 0.148. The van der Waals surface area contributed by atoms with Crippen LogP contribution in [-0.4, -0.2) is 63.5 Å². The molecule has 0 amide bonds.